The maximum atomic E-state index is 12.7. The van der Waals surface area contributed by atoms with Gasteiger partial charge in [0, 0.05) is 23.6 Å². The van der Waals surface area contributed by atoms with Gasteiger partial charge in [0.1, 0.15) is 0 Å². The van der Waals surface area contributed by atoms with Crippen LogP contribution in [0, 0.1) is 6.92 Å². The standard InChI is InChI=1S/C23H20ClN3O6S2/c1-15-2-3-17(14-21(15)24)26-35(32,33)19-8-4-16(5-9-19)25-34(30,31)20-10-6-18(7-11-20)27-22(28)12-13-23(27)29/h2-11,14,25-26H,12-13H2,1H3. The van der Waals surface area contributed by atoms with E-state index in [1.54, 1.807) is 19.1 Å². The first kappa shape index (κ1) is 24.7. The zero-order valence-corrected chi connectivity index (χ0v) is 20.7. The molecule has 1 aliphatic heterocycles. The van der Waals surface area contributed by atoms with E-state index in [1.165, 1.54) is 54.6 Å². The van der Waals surface area contributed by atoms with E-state index in [0.29, 0.717) is 16.4 Å². The summed E-state index contributed by atoms with van der Waals surface area (Å²) in [4.78, 5) is 24.6. The van der Waals surface area contributed by atoms with Gasteiger partial charge in [-0.25, -0.2) is 16.8 Å². The Kier molecular flexibility index (Phi) is 6.58. The Balaban J connectivity index is 1.48. The van der Waals surface area contributed by atoms with Gasteiger partial charge in [0.05, 0.1) is 21.2 Å². The van der Waals surface area contributed by atoms with Crippen LogP contribution >= 0.6 is 11.6 Å². The first-order chi connectivity index (χ1) is 16.5. The summed E-state index contributed by atoms with van der Waals surface area (Å²) < 4.78 is 55.6. The van der Waals surface area contributed by atoms with E-state index in [0.717, 1.165) is 10.5 Å². The molecule has 4 rings (SSSR count). The van der Waals surface area contributed by atoms with Gasteiger partial charge in [-0.05, 0) is 73.2 Å². The van der Waals surface area contributed by atoms with Gasteiger partial charge in [0.2, 0.25) is 11.8 Å². The first-order valence-corrected chi connectivity index (χ1v) is 13.7. The summed E-state index contributed by atoms with van der Waals surface area (Å²) >= 11 is 6.04. The Morgan fingerprint density at radius 1 is 0.714 bits per heavy atom. The van der Waals surface area contributed by atoms with Crippen LogP contribution in [0.1, 0.15) is 18.4 Å². The first-order valence-electron chi connectivity index (χ1n) is 10.3. The molecule has 0 unspecified atom stereocenters. The van der Waals surface area contributed by atoms with Gasteiger partial charge in [-0.2, -0.15) is 0 Å². The zero-order valence-electron chi connectivity index (χ0n) is 18.4. The number of sulfonamides is 2. The highest BCUT2D eigenvalue weighted by atomic mass is 35.5. The number of carbonyl (C=O) groups is 2. The second-order valence-corrected chi connectivity index (χ2v) is 11.6. The number of carbonyl (C=O) groups excluding carboxylic acids is 2. The quantitative estimate of drug-likeness (QED) is 0.443. The van der Waals surface area contributed by atoms with Gasteiger partial charge >= 0.3 is 0 Å². The molecule has 1 saturated heterocycles. The van der Waals surface area contributed by atoms with E-state index in [9.17, 15) is 26.4 Å². The van der Waals surface area contributed by atoms with Crippen molar-refractivity contribution in [2.75, 3.05) is 14.3 Å². The van der Waals surface area contributed by atoms with Crippen molar-refractivity contribution in [1.82, 2.24) is 0 Å². The number of aryl methyl sites for hydroxylation is 1. The van der Waals surface area contributed by atoms with Crippen molar-refractivity contribution >= 4 is 60.5 Å². The highest BCUT2D eigenvalue weighted by Crippen LogP contribution is 2.26. The molecule has 182 valence electrons. The van der Waals surface area contributed by atoms with Crippen molar-refractivity contribution < 1.29 is 26.4 Å². The van der Waals surface area contributed by atoms with E-state index in [4.69, 9.17) is 11.6 Å². The molecule has 0 bridgehead atoms. The Morgan fingerprint density at radius 3 is 1.69 bits per heavy atom. The number of imide groups is 1. The number of nitrogens with zero attached hydrogens (tertiary/aromatic N) is 1. The molecule has 1 fully saturated rings. The topological polar surface area (TPSA) is 130 Å². The second-order valence-electron chi connectivity index (χ2n) is 7.82. The molecule has 0 aliphatic carbocycles. The number of benzene rings is 3. The third-order valence-electron chi connectivity index (χ3n) is 5.30. The molecule has 9 nitrogen and oxygen atoms in total. The number of hydrogen-bond acceptors (Lipinski definition) is 6. The summed E-state index contributed by atoms with van der Waals surface area (Å²) in [6.07, 6.45) is 0.251. The number of amides is 2. The number of nitrogens with one attached hydrogen (secondary N) is 2. The van der Waals surface area contributed by atoms with E-state index in [2.05, 4.69) is 9.44 Å². The van der Waals surface area contributed by atoms with Gasteiger partial charge in [-0.1, -0.05) is 17.7 Å². The summed E-state index contributed by atoms with van der Waals surface area (Å²) in [5.41, 5.74) is 1.55. The predicted octanol–water partition coefficient (Wildman–Crippen LogP) is 3.90. The number of rotatable bonds is 7. The van der Waals surface area contributed by atoms with Crippen molar-refractivity contribution in [3.8, 4) is 0 Å². The molecule has 1 aliphatic rings. The summed E-state index contributed by atoms with van der Waals surface area (Å²) in [5, 5.41) is 0.418. The largest absolute Gasteiger partial charge is 0.280 e. The molecule has 12 heteroatoms. The molecular weight excluding hydrogens is 514 g/mol. The highest BCUT2D eigenvalue weighted by molar-refractivity contribution is 7.93. The van der Waals surface area contributed by atoms with Crippen LogP contribution in [0.25, 0.3) is 0 Å². The fourth-order valence-electron chi connectivity index (χ4n) is 3.43. The maximum absolute atomic E-state index is 12.7. The van der Waals surface area contributed by atoms with Crippen molar-refractivity contribution in [2.45, 2.75) is 29.6 Å². The third kappa shape index (κ3) is 5.31. The average Bonchev–Trinajstić information content (AvgIpc) is 3.14. The molecule has 0 radical (unpaired) electrons. The number of halogens is 1. The van der Waals surface area contributed by atoms with Crippen LogP contribution in [-0.4, -0.2) is 28.6 Å². The second kappa shape index (κ2) is 9.33. The summed E-state index contributed by atoms with van der Waals surface area (Å²) in [6.45, 7) is 1.80. The molecule has 2 N–H and O–H groups in total. The maximum Gasteiger partial charge on any atom is 0.261 e. The Labute approximate surface area is 207 Å². The fourth-order valence-corrected chi connectivity index (χ4v) is 5.71. The lowest BCUT2D eigenvalue weighted by atomic mass is 10.2. The molecule has 0 aromatic heterocycles. The van der Waals surface area contributed by atoms with Crippen LogP contribution in [0.5, 0.6) is 0 Å². The Morgan fingerprint density at radius 2 is 1.17 bits per heavy atom. The zero-order chi connectivity index (χ0) is 25.4. The van der Waals surface area contributed by atoms with Crippen LogP contribution in [0.15, 0.2) is 76.5 Å². The lowest BCUT2D eigenvalue weighted by molar-refractivity contribution is -0.121. The minimum absolute atomic E-state index is 0.0681. The van der Waals surface area contributed by atoms with Gasteiger partial charge in [-0.3, -0.25) is 23.9 Å². The molecular formula is C23H20ClN3O6S2. The Hall–Kier alpha value is -3.41. The Bertz CT molecular complexity index is 1500. The highest BCUT2D eigenvalue weighted by Gasteiger charge is 2.30. The monoisotopic (exact) mass is 533 g/mol. The van der Waals surface area contributed by atoms with E-state index in [-0.39, 0.29) is 40.1 Å². The minimum Gasteiger partial charge on any atom is -0.280 e. The van der Waals surface area contributed by atoms with Crippen LogP contribution in [0.4, 0.5) is 17.1 Å². The lowest BCUT2D eigenvalue weighted by Gasteiger charge is -2.15. The fraction of sp³-hybridized carbons (Fsp3) is 0.130. The molecule has 2 amide bonds. The molecule has 0 spiro atoms. The third-order valence-corrected chi connectivity index (χ3v) is 8.50. The predicted molar refractivity (Wildman–Crippen MR) is 132 cm³/mol. The summed E-state index contributed by atoms with van der Waals surface area (Å²) in [5.74, 6) is -0.669. The molecule has 0 saturated carbocycles. The molecule has 3 aromatic carbocycles. The number of anilines is 3. The van der Waals surface area contributed by atoms with Crippen molar-refractivity contribution in [1.29, 1.82) is 0 Å². The minimum atomic E-state index is -4.00. The molecule has 3 aromatic rings. The normalized spacial score (nSPS) is 14.3. The van der Waals surface area contributed by atoms with Gasteiger partial charge in [0.15, 0.2) is 0 Å². The summed E-state index contributed by atoms with van der Waals surface area (Å²) in [6, 6.07) is 15.3. The SMILES string of the molecule is Cc1ccc(NS(=O)(=O)c2ccc(NS(=O)(=O)c3ccc(N4C(=O)CCC4=O)cc3)cc2)cc1Cl. The van der Waals surface area contributed by atoms with Crippen LogP contribution in [0.2, 0.25) is 5.02 Å². The van der Waals surface area contributed by atoms with E-state index in [1.807, 2.05) is 0 Å². The van der Waals surface area contributed by atoms with E-state index >= 15 is 0 Å². The smallest absolute Gasteiger partial charge is 0.261 e. The van der Waals surface area contributed by atoms with Crippen LogP contribution in [-0.2, 0) is 29.6 Å². The van der Waals surface area contributed by atoms with Gasteiger partial charge < -0.3 is 0 Å². The van der Waals surface area contributed by atoms with Crippen molar-refractivity contribution in [3.63, 3.8) is 0 Å². The van der Waals surface area contributed by atoms with Crippen molar-refractivity contribution in [3.05, 3.63) is 77.3 Å². The van der Waals surface area contributed by atoms with Crippen molar-refractivity contribution in [2.24, 2.45) is 0 Å². The summed E-state index contributed by atoms with van der Waals surface area (Å²) in [7, 11) is -7.93. The van der Waals surface area contributed by atoms with Crippen LogP contribution < -0.4 is 14.3 Å². The average molecular weight is 534 g/mol. The van der Waals surface area contributed by atoms with E-state index < -0.39 is 20.0 Å². The molecule has 35 heavy (non-hydrogen) atoms. The molecule has 0 atom stereocenters. The number of hydrogen-bond donors (Lipinski definition) is 2. The van der Waals surface area contributed by atoms with Gasteiger partial charge in [0.25, 0.3) is 20.0 Å². The van der Waals surface area contributed by atoms with Gasteiger partial charge in [-0.15, -0.1) is 0 Å². The lowest BCUT2D eigenvalue weighted by Crippen LogP contribution is -2.28. The van der Waals surface area contributed by atoms with Crippen LogP contribution in [0.3, 0.4) is 0 Å². The molecule has 1 heterocycles.